The molecule has 7 nitrogen and oxygen atoms in total. The van der Waals surface area contributed by atoms with Crippen molar-refractivity contribution in [1.29, 1.82) is 0 Å². The number of likely N-dealkylation sites (N-methyl/N-ethyl adjacent to an activating group) is 1. The van der Waals surface area contributed by atoms with E-state index in [2.05, 4.69) is 39.7 Å². The van der Waals surface area contributed by atoms with Crippen molar-refractivity contribution >= 4 is 35.8 Å². The molecule has 1 rings (SSSR count). The number of guanidine groups is 1. The molecule has 172 valence electrons. The van der Waals surface area contributed by atoms with Gasteiger partial charge in [-0.2, -0.15) is 0 Å². The Labute approximate surface area is 199 Å². The van der Waals surface area contributed by atoms with Crippen LogP contribution in [0.25, 0.3) is 0 Å². The van der Waals surface area contributed by atoms with E-state index in [1.54, 1.807) is 0 Å². The molecule has 8 heteroatoms. The lowest BCUT2D eigenvalue weighted by Gasteiger charge is -2.21. The average molecular weight is 533 g/mol. The standard InChI is InChI=1S/C22H39N5O2.HI/c1-7-23-21(25-17-20(28)26-22(4,5)6)24-16-18-10-12-19(13-11-18)29-15-14-27(8-2)9-3;/h10-13H,7-9,14-17H2,1-6H3,(H,26,28)(H2,23,24,25);1H. The fourth-order valence-corrected chi connectivity index (χ4v) is 2.66. The second-order valence-electron chi connectivity index (χ2n) is 7.87. The van der Waals surface area contributed by atoms with Crippen LogP contribution in [0.1, 0.15) is 47.1 Å². The molecule has 0 aliphatic carbocycles. The fraction of sp³-hybridized carbons (Fsp3) is 0.636. The Bertz CT molecular complexity index is 625. The molecule has 0 fully saturated rings. The van der Waals surface area contributed by atoms with Crippen LogP contribution in [0.3, 0.4) is 0 Å². The van der Waals surface area contributed by atoms with E-state index < -0.39 is 0 Å². The summed E-state index contributed by atoms with van der Waals surface area (Å²) in [6, 6.07) is 7.99. The van der Waals surface area contributed by atoms with Crippen LogP contribution in [0.15, 0.2) is 29.3 Å². The van der Waals surface area contributed by atoms with E-state index in [0.29, 0.717) is 19.1 Å². The Morgan fingerprint density at radius 2 is 1.70 bits per heavy atom. The molecular formula is C22H40IN5O2. The number of nitrogens with zero attached hydrogens (tertiary/aromatic N) is 2. The van der Waals surface area contributed by atoms with Crippen molar-refractivity contribution in [3.05, 3.63) is 29.8 Å². The highest BCUT2D eigenvalue weighted by Crippen LogP contribution is 2.13. The topological polar surface area (TPSA) is 78.0 Å². The molecule has 0 saturated heterocycles. The van der Waals surface area contributed by atoms with Gasteiger partial charge in [-0.3, -0.25) is 4.79 Å². The van der Waals surface area contributed by atoms with Gasteiger partial charge in [0.05, 0.1) is 13.1 Å². The molecule has 30 heavy (non-hydrogen) atoms. The third-order valence-electron chi connectivity index (χ3n) is 4.19. The van der Waals surface area contributed by atoms with Gasteiger partial charge in [0, 0.05) is 18.6 Å². The molecule has 1 aromatic carbocycles. The Balaban J connectivity index is 0.00000841. The molecule has 0 aliphatic heterocycles. The minimum Gasteiger partial charge on any atom is -0.492 e. The van der Waals surface area contributed by atoms with Gasteiger partial charge < -0.3 is 25.6 Å². The van der Waals surface area contributed by atoms with Crippen molar-refractivity contribution in [1.82, 2.24) is 20.9 Å². The lowest BCUT2D eigenvalue weighted by molar-refractivity contribution is -0.121. The molecule has 0 aromatic heterocycles. The van der Waals surface area contributed by atoms with Crippen LogP contribution in [0.5, 0.6) is 5.75 Å². The van der Waals surface area contributed by atoms with Crippen LogP contribution in [-0.4, -0.2) is 61.6 Å². The predicted octanol–water partition coefficient (Wildman–Crippen LogP) is 3.00. The summed E-state index contributed by atoms with van der Waals surface area (Å²) in [5, 5.41) is 9.16. The van der Waals surface area contributed by atoms with Crippen LogP contribution >= 0.6 is 24.0 Å². The van der Waals surface area contributed by atoms with Gasteiger partial charge in [0.15, 0.2) is 5.96 Å². The molecule has 1 amide bonds. The van der Waals surface area contributed by atoms with Crippen LogP contribution in [0.2, 0.25) is 0 Å². The minimum atomic E-state index is -0.247. The first-order valence-electron chi connectivity index (χ1n) is 10.5. The molecule has 0 heterocycles. The normalized spacial score (nSPS) is 11.6. The SMILES string of the molecule is CCNC(=NCc1ccc(OCCN(CC)CC)cc1)NCC(=O)NC(C)(C)C.I. The van der Waals surface area contributed by atoms with Crippen molar-refractivity contribution in [2.75, 3.05) is 39.3 Å². The summed E-state index contributed by atoms with van der Waals surface area (Å²) < 4.78 is 5.82. The minimum absolute atomic E-state index is 0. The zero-order valence-corrected chi connectivity index (χ0v) is 21.7. The number of amides is 1. The Kier molecular flexibility index (Phi) is 14.5. The number of rotatable bonds is 11. The second-order valence-corrected chi connectivity index (χ2v) is 7.87. The summed E-state index contributed by atoms with van der Waals surface area (Å²) in [5.41, 5.74) is 0.834. The van der Waals surface area contributed by atoms with Gasteiger partial charge in [-0.05, 0) is 58.5 Å². The van der Waals surface area contributed by atoms with Gasteiger partial charge in [0.25, 0.3) is 0 Å². The van der Waals surface area contributed by atoms with Crippen LogP contribution in [-0.2, 0) is 11.3 Å². The molecule has 0 spiro atoms. The van der Waals surface area contributed by atoms with Gasteiger partial charge in [-0.1, -0.05) is 26.0 Å². The van der Waals surface area contributed by atoms with Crippen LogP contribution < -0.4 is 20.7 Å². The van der Waals surface area contributed by atoms with Gasteiger partial charge in [-0.15, -0.1) is 24.0 Å². The van der Waals surface area contributed by atoms with Crippen molar-refractivity contribution in [3.63, 3.8) is 0 Å². The molecule has 0 unspecified atom stereocenters. The molecule has 0 saturated carbocycles. The molecule has 0 atom stereocenters. The number of carbonyl (C=O) groups is 1. The molecule has 0 aliphatic rings. The summed E-state index contributed by atoms with van der Waals surface area (Å²) in [4.78, 5) is 18.9. The maximum atomic E-state index is 12.0. The van der Waals surface area contributed by atoms with Crippen molar-refractivity contribution in [3.8, 4) is 5.75 Å². The van der Waals surface area contributed by atoms with E-state index in [-0.39, 0.29) is 42.0 Å². The van der Waals surface area contributed by atoms with Crippen molar-refractivity contribution < 1.29 is 9.53 Å². The lowest BCUT2D eigenvalue weighted by atomic mass is 10.1. The maximum Gasteiger partial charge on any atom is 0.239 e. The highest BCUT2D eigenvalue weighted by atomic mass is 127. The highest BCUT2D eigenvalue weighted by molar-refractivity contribution is 14.0. The molecule has 0 radical (unpaired) electrons. The number of nitrogens with one attached hydrogen (secondary N) is 3. The molecular weight excluding hydrogens is 493 g/mol. The van der Waals surface area contributed by atoms with Crippen molar-refractivity contribution in [2.45, 2.75) is 53.6 Å². The first-order valence-corrected chi connectivity index (χ1v) is 10.5. The Hall–Kier alpha value is -1.55. The largest absolute Gasteiger partial charge is 0.492 e. The summed E-state index contributed by atoms with van der Waals surface area (Å²) >= 11 is 0. The summed E-state index contributed by atoms with van der Waals surface area (Å²) in [7, 11) is 0. The lowest BCUT2D eigenvalue weighted by Crippen LogP contribution is -2.48. The van der Waals surface area contributed by atoms with E-state index in [4.69, 9.17) is 4.74 Å². The predicted molar refractivity (Wildman–Crippen MR) is 136 cm³/mol. The van der Waals surface area contributed by atoms with Gasteiger partial charge in [0.2, 0.25) is 5.91 Å². The van der Waals surface area contributed by atoms with E-state index >= 15 is 0 Å². The third kappa shape index (κ3) is 12.9. The van der Waals surface area contributed by atoms with Crippen LogP contribution in [0.4, 0.5) is 0 Å². The molecule has 0 bridgehead atoms. The molecule has 1 aromatic rings. The first kappa shape index (κ1) is 28.5. The summed E-state index contributed by atoms with van der Waals surface area (Å²) in [5.74, 6) is 1.43. The van der Waals surface area contributed by atoms with Crippen LogP contribution in [0, 0.1) is 0 Å². The molecule has 3 N–H and O–H groups in total. The quantitative estimate of drug-likeness (QED) is 0.232. The number of benzene rings is 1. The third-order valence-corrected chi connectivity index (χ3v) is 4.19. The Morgan fingerprint density at radius 1 is 1.07 bits per heavy atom. The monoisotopic (exact) mass is 533 g/mol. The number of hydrogen-bond donors (Lipinski definition) is 3. The number of carbonyl (C=O) groups excluding carboxylic acids is 1. The fourth-order valence-electron chi connectivity index (χ4n) is 2.66. The Morgan fingerprint density at radius 3 is 2.23 bits per heavy atom. The zero-order chi connectivity index (χ0) is 21.7. The van der Waals surface area contributed by atoms with E-state index in [0.717, 1.165) is 37.5 Å². The summed E-state index contributed by atoms with van der Waals surface area (Å²) in [6.07, 6.45) is 0. The summed E-state index contributed by atoms with van der Waals surface area (Å²) in [6.45, 7) is 17.3. The smallest absolute Gasteiger partial charge is 0.239 e. The maximum absolute atomic E-state index is 12.0. The van der Waals surface area contributed by atoms with E-state index in [1.807, 2.05) is 52.0 Å². The number of ether oxygens (including phenoxy) is 1. The first-order chi connectivity index (χ1) is 13.8. The zero-order valence-electron chi connectivity index (χ0n) is 19.4. The van der Waals surface area contributed by atoms with E-state index in [9.17, 15) is 4.79 Å². The van der Waals surface area contributed by atoms with Gasteiger partial charge in [-0.25, -0.2) is 4.99 Å². The number of hydrogen-bond acceptors (Lipinski definition) is 4. The highest BCUT2D eigenvalue weighted by Gasteiger charge is 2.13. The number of aliphatic imine (C=N–C) groups is 1. The second kappa shape index (κ2) is 15.3. The van der Waals surface area contributed by atoms with Gasteiger partial charge >= 0.3 is 0 Å². The number of halogens is 1. The average Bonchev–Trinajstić information content (AvgIpc) is 2.67. The van der Waals surface area contributed by atoms with E-state index in [1.165, 1.54) is 0 Å². The van der Waals surface area contributed by atoms with Gasteiger partial charge in [0.1, 0.15) is 12.4 Å². The van der Waals surface area contributed by atoms with Crippen molar-refractivity contribution in [2.24, 2.45) is 4.99 Å².